The molecule has 22 heavy (non-hydrogen) atoms. The fraction of sp³-hybridized carbons (Fsp3) is 0.333. The number of rotatable bonds is 3. The van der Waals surface area contributed by atoms with E-state index < -0.39 is 0 Å². The summed E-state index contributed by atoms with van der Waals surface area (Å²) in [5.41, 5.74) is 1.42. The van der Waals surface area contributed by atoms with E-state index in [-0.39, 0.29) is 23.1 Å². The molecule has 1 heterocycles. The van der Waals surface area contributed by atoms with Crippen molar-refractivity contribution < 1.29 is 4.79 Å². The molecule has 0 radical (unpaired) electrons. The van der Waals surface area contributed by atoms with Crippen LogP contribution in [0.15, 0.2) is 47.4 Å². The Bertz CT molecular complexity index is 701. The van der Waals surface area contributed by atoms with E-state index in [2.05, 4.69) is 10.3 Å². The van der Waals surface area contributed by atoms with Crippen LogP contribution in [0.5, 0.6) is 0 Å². The number of aromatic nitrogens is 1. The van der Waals surface area contributed by atoms with Crippen molar-refractivity contribution in [2.45, 2.75) is 38.1 Å². The SMILES string of the molecule is O=C(NC1CCCCC1)c1c(-c2ccccc2)cc[nH]c1=O. The molecule has 4 heteroatoms. The lowest BCUT2D eigenvalue weighted by Gasteiger charge is -2.23. The minimum absolute atomic E-state index is 0.185. The van der Waals surface area contributed by atoms with E-state index in [0.717, 1.165) is 31.2 Å². The van der Waals surface area contributed by atoms with E-state index in [0.29, 0.717) is 5.56 Å². The minimum atomic E-state index is -0.338. The van der Waals surface area contributed by atoms with Gasteiger partial charge in [-0.15, -0.1) is 0 Å². The maximum Gasteiger partial charge on any atom is 0.261 e. The number of benzene rings is 1. The van der Waals surface area contributed by atoms with Gasteiger partial charge in [0.1, 0.15) is 5.56 Å². The summed E-state index contributed by atoms with van der Waals surface area (Å²) in [6, 6.07) is 11.5. The van der Waals surface area contributed by atoms with Crippen molar-refractivity contribution in [2.24, 2.45) is 0 Å². The molecule has 4 nitrogen and oxygen atoms in total. The molecule has 1 aliphatic carbocycles. The highest BCUT2D eigenvalue weighted by Gasteiger charge is 2.21. The Hall–Kier alpha value is -2.36. The van der Waals surface area contributed by atoms with Crippen molar-refractivity contribution >= 4 is 5.91 Å². The van der Waals surface area contributed by atoms with Crippen LogP contribution in [0.3, 0.4) is 0 Å². The third-order valence-electron chi connectivity index (χ3n) is 4.21. The summed E-state index contributed by atoms with van der Waals surface area (Å²) in [5.74, 6) is -0.271. The second-order valence-electron chi connectivity index (χ2n) is 5.77. The van der Waals surface area contributed by atoms with Crippen LogP contribution >= 0.6 is 0 Å². The number of carbonyl (C=O) groups excluding carboxylic acids is 1. The molecule has 3 rings (SSSR count). The molecular formula is C18H20N2O2. The zero-order valence-electron chi connectivity index (χ0n) is 12.5. The Balaban J connectivity index is 1.92. The van der Waals surface area contributed by atoms with E-state index in [4.69, 9.17) is 0 Å². The molecule has 0 unspecified atom stereocenters. The van der Waals surface area contributed by atoms with Crippen LogP contribution in [0.1, 0.15) is 42.5 Å². The molecule has 1 saturated carbocycles. The van der Waals surface area contributed by atoms with Crippen molar-refractivity contribution in [3.63, 3.8) is 0 Å². The first kappa shape index (κ1) is 14.6. The molecule has 0 aliphatic heterocycles. The normalized spacial score (nSPS) is 15.5. The fourth-order valence-electron chi connectivity index (χ4n) is 3.07. The number of H-pyrrole nitrogens is 1. The lowest BCUT2D eigenvalue weighted by Crippen LogP contribution is -2.39. The second kappa shape index (κ2) is 6.60. The quantitative estimate of drug-likeness (QED) is 0.914. The van der Waals surface area contributed by atoms with Gasteiger partial charge < -0.3 is 10.3 Å². The Morgan fingerprint density at radius 1 is 1.05 bits per heavy atom. The van der Waals surface area contributed by atoms with Crippen molar-refractivity contribution in [3.8, 4) is 11.1 Å². The second-order valence-corrected chi connectivity index (χ2v) is 5.77. The van der Waals surface area contributed by atoms with Gasteiger partial charge in [-0.2, -0.15) is 0 Å². The molecule has 0 spiro atoms. The van der Waals surface area contributed by atoms with E-state index in [1.54, 1.807) is 12.3 Å². The molecule has 0 atom stereocenters. The Labute approximate surface area is 129 Å². The first-order valence-corrected chi connectivity index (χ1v) is 7.83. The zero-order valence-corrected chi connectivity index (χ0v) is 12.5. The zero-order chi connectivity index (χ0) is 15.4. The Morgan fingerprint density at radius 2 is 1.77 bits per heavy atom. The lowest BCUT2D eigenvalue weighted by atomic mass is 9.94. The maximum atomic E-state index is 12.6. The molecule has 0 bridgehead atoms. The van der Waals surface area contributed by atoms with E-state index in [1.165, 1.54) is 6.42 Å². The van der Waals surface area contributed by atoms with Crippen LogP contribution in [0, 0.1) is 0 Å². The van der Waals surface area contributed by atoms with Crippen LogP contribution in [-0.2, 0) is 0 Å². The summed E-state index contributed by atoms with van der Waals surface area (Å²) in [7, 11) is 0. The van der Waals surface area contributed by atoms with Gasteiger partial charge in [-0.25, -0.2) is 0 Å². The average Bonchev–Trinajstić information content (AvgIpc) is 2.56. The van der Waals surface area contributed by atoms with Gasteiger partial charge >= 0.3 is 0 Å². The number of aromatic amines is 1. The largest absolute Gasteiger partial charge is 0.349 e. The highest BCUT2D eigenvalue weighted by Crippen LogP contribution is 2.22. The summed E-state index contributed by atoms with van der Waals surface area (Å²) in [4.78, 5) is 27.4. The summed E-state index contributed by atoms with van der Waals surface area (Å²) in [6.45, 7) is 0. The summed E-state index contributed by atoms with van der Waals surface area (Å²) < 4.78 is 0. The van der Waals surface area contributed by atoms with Gasteiger partial charge in [-0.1, -0.05) is 49.6 Å². The van der Waals surface area contributed by atoms with Crippen LogP contribution in [-0.4, -0.2) is 16.9 Å². The predicted octanol–water partition coefficient (Wildman–Crippen LogP) is 3.10. The highest BCUT2D eigenvalue weighted by atomic mass is 16.2. The number of hydrogen-bond donors (Lipinski definition) is 2. The summed E-state index contributed by atoms with van der Waals surface area (Å²) >= 11 is 0. The van der Waals surface area contributed by atoms with E-state index in [9.17, 15) is 9.59 Å². The third-order valence-corrected chi connectivity index (χ3v) is 4.21. The molecule has 1 amide bonds. The molecule has 1 fully saturated rings. The van der Waals surface area contributed by atoms with E-state index >= 15 is 0 Å². The smallest absolute Gasteiger partial charge is 0.261 e. The van der Waals surface area contributed by atoms with Crippen LogP contribution in [0.2, 0.25) is 0 Å². The third kappa shape index (κ3) is 3.11. The van der Waals surface area contributed by atoms with Crippen LogP contribution in [0.4, 0.5) is 0 Å². The summed E-state index contributed by atoms with van der Waals surface area (Å²) in [5, 5.41) is 3.03. The minimum Gasteiger partial charge on any atom is -0.349 e. The number of hydrogen-bond acceptors (Lipinski definition) is 2. The molecule has 0 saturated heterocycles. The van der Waals surface area contributed by atoms with E-state index in [1.807, 2.05) is 30.3 Å². The van der Waals surface area contributed by atoms with Crippen molar-refractivity contribution in [3.05, 3.63) is 58.5 Å². The standard InChI is InChI=1S/C18H20N2O2/c21-17-16(18(22)20-14-9-5-2-6-10-14)15(11-12-19-17)13-7-3-1-4-8-13/h1,3-4,7-8,11-12,14H,2,5-6,9-10H2,(H,19,21)(H,20,22). The lowest BCUT2D eigenvalue weighted by molar-refractivity contribution is 0.0927. The van der Waals surface area contributed by atoms with Crippen LogP contribution < -0.4 is 10.9 Å². The van der Waals surface area contributed by atoms with Gasteiger partial charge in [0.05, 0.1) is 0 Å². The molecular weight excluding hydrogens is 276 g/mol. The molecule has 1 aliphatic rings. The molecule has 2 N–H and O–H groups in total. The van der Waals surface area contributed by atoms with Gasteiger partial charge in [0, 0.05) is 17.8 Å². The molecule has 1 aromatic heterocycles. The number of nitrogens with one attached hydrogen (secondary N) is 2. The predicted molar refractivity (Wildman–Crippen MR) is 86.8 cm³/mol. The first-order chi connectivity index (χ1) is 10.8. The molecule has 2 aromatic rings. The monoisotopic (exact) mass is 296 g/mol. The topological polar surface area (TPSA) is 62.0 Å². The maximum absolute atomic E-state index is 12.6. The fourth-order valence-corrected chi connectivity index (χ4v) is 3.07. The van der Waals surface area contributed by atoms with Gasteiger partial charge in [-0.3, -0.25) is 9.59 Å². The van der Waals surface area contributed by atoms with Crippen molar-refractivity contribution in [1.29, 1.82) is 0 Å². The first-order valence-electron chi connectivity index (χ1n) is 7.83. The Kier molecular flexibility index (Phi) is 4.37. The number of carbonyl (C=O) groups is 1. The number of amides is 1. The van der Waals surface area contributed by atoms with Crippen molar-refractivity contribution in [1.82, 2.24) is 10.3 Å². The van der Waals surface area contributed by atoms with Crippen LogP contribution in [0.25, 0.3) is 11.1 Å². The molecule has 1 aromatic carbocycles. The van der Waals surface area contributed by atoms with Gasteiger partial charge in [0.15, 0.2) is 0 Å². The average molecular weight is 296 g/mol. The van der Waals surface area contributed by atoms with Gasteiger partial charge in [-0.05, 0) is 24.5 Å². The highest BCUT2D eigenvalue weighted by molar-refractivity contribution is 6.00. The van der Waals surface area contributed by atoms with Gasteiger partial charge in [0.25, 0.3) is 11.5 Å². The number of pyridine rings is 1. The summed E-state index contributed by atoms with van der Waals surface area (Å²) in [6.07, 6.45) is 7.09. The van der Waals surface area contributed by atoms with Gasteiger partial charge in [0.2, 0.25) is 0 Å². The van der Waals surface area contributed by atoms with Crippen molar-refractivity contribution in [2.75, 3.05) is 0 Å². The Morgan fingerprint density at radius 3 is 2.50 bits per heavy atom. The molecule has 114 valence electrons.